The molecule has 1 fully saturated rings. The minimum atomic E-state index is -0.0918. The Morgan fingerprint density at radius 3 is 2.58 bits per heavy atom. The van der Waals surface area contributed by atoms with Gasteiger partial charge in [-0.1, -0.05) is 13.8 Å². The van der Waals surface area contributed by atoms with Crippen molar-refractivity contribution in [3.05, 3.63) is 0 Å². The number of hydrogen-bond acceptors (Lipinski definition) is 3. The molecule has 110 valence electrons. The first-order valence-electron chi connectivity index (χ1n) is 7.21. The van der Waals surface area contributed by atoms with Gasteiger partial charge in [0.25, 0.3) is 0 Å². The van der Waals surface area contributed by atoms with Crippen molar-refractivity contribution in [1.29, 1.82) is 0 Å². The van der Waals surface area contributed by atoms with Crippen molar-refractivity contribution in [2.45, 2.75) is 45.6 Å². The quantitative estimate of drug-likeness (QED) is 0.773. The van der Waals surface area contributed by atoms with E-state index in [0.717, 1.165) is 25.7 Å². The fraction of sp³-hybridized carbons (Fsp3) is 0.857. The van der Waals surface area contributed by atoms with Gasteiger partial charge in [0.1, 0.15) is 0 Å². The summed E-state index contributed by atoms with van der Waals surface area (Å²) in [5.74, 6) is 0.419. The van der Waals surface area contributed by atoms with Crippen LogP contribution < -0.4 is 11.1 Å². The van der Waals surface area contributed by atoms with E-state index in [4.69, 9.17) is 5.73 Å². The zero-order chi connectivity index (χ0) is 14.4. The van der Waals surface area contributed by atoms with E-state index in [-0.39, 0.29) is 30.3 Å². The molecule has 0 bridgehead atoms. The van der Waals surface area contributed by atoms with E-state index in [0.29, 0.717) is 12.5 Å². The molecule has 19 heavy (non-hydrogen) atoms. The number of amides is 2. The molecule has 3 unspecified atom stereocenters. The highest BCUT2D eigenvalue weighted by atomic mass is 16.2. The number of carbonyl (C=O) groups is 2. The Balaban J connectivity index is 2.45. The highest BCUT2D eigenvalue weighted by molar-refractivity contribution is 5.85. The van der Waals surface area contributed by atoms with E-state index < -0.39 is 0 Å². The lowest BCUT2D eigenvalue weighted by Gasteiger charge is -2.32. The third kappa shape index (κ3) is 5.19. The predicted molar refractivity (Wildman–Crippen MR) is 75.4 cm³/mol. The van der Waals surface area contributed by atoms with Crippen molar-refractivity contribution < 1.29 is 9.59 Å². The van der Waals surface area contributed by atoms with Crippen LogP contribution in [-0.2, 0) is 9.59 Å². The molecular weight excluding hydrogens is 242 g/mol. The maximum absolute atomic E-state index is 12.3. The maximum Gasteiger partial charge on any atom is 0.239 e. The summed E-state index contributed by atoms with van der Waals surface area (Å²) in [7, 11) is 1.69. The van der Waals surface area contributed by atoms with E-state index in [1.807, 2.05) is 6.92 Å². The Labute approximate surface area is 115 Å². The summed E-state index contributed by atoms with van der Waals surface area (Å²) >= 11 is 0. The molecule has 0 aromatic heterocycles. The SMILES string of the molecule is CCCNC(=O)CN(C)C(=O)C1CC(C)CC(N)C1. The van der Waals surface area contributed by atoms with Crippen molar-refractivity contribution in [3.63, 3.8) is 0 Å². The second-order valence-electron chi connectivity index (χ2n) is 5.81. The lowest BCUT2D eigenvalue weighted by molar-refractivity contribution is -0.139. The summed E-state index contributed by atoms with van der Waals surface area (Å²) in [6.07, 6.45) is 3.51. The molecule has 0 heterocycles. The highest BCUT2D eigenvalue weighted by Gasteiger charge is 2.31. The van der Waals surface area contributed by atoms with Gasteiger partial charge in [-0.25, -0.2) is 0 Å². The second kappa shape index (κ2) is 7.48. The topological polar surface area (TPSA) is 75.4 Å². The van der Waals surface area contributed by atoms with E-state index in [1.165, 1.54) is 4.90 Å². The molecule has 5 heteroatoms. The van der Waals surface area contributed by atoms with Gasteiger partial charge in [0.15, 0.2) is 0 Å². The van der Waals surface area contributed by atoms with Crippen molar-refractivity contribution in [2.24, 2.45) is 17.6 Å². The summed E-state index contributed by atoms with van der Waals surface area (Å²) in [4.78, 5) is 25.4. The smallest absolute Gasteiger partial charge is 0.239 e. The van der Waals surface area contributed by atoms with Crippen molar-refractivity contribution >= 4 is 11.8 Å². The molecule has 3 atom stereocenters. The molecule has 0 spiro atoms. The summed E-state index contributed by atoms with van der Waals surface area (Å²) in [5, 5.41) is 2.78. The van der Waals surface area contributed by atoms with Crippen molar-refractivity contribution in [2.75, 3.05) is 20.1 Å². The first kappa shape index (κ1) is 16.0. The normalized spacial score (nSPS) is 26.8. The van der Waals surface area contributed by atoms with Crippen LogP contribution in [0.1, 0.15) is 39.5 Å². The summed E-state index contributed by atoms with van der Waals surface area (Å²) in [6, 6.07) is 0.111. The Bertz CT molecular complexity index is 310. The summed E-state index contributed by atoms with van der Waals surface area (Å²) in [5.41, 5.74) is 5.97. The van der Waals surface area contributed by atoms with Crippen LogP contribution in [0.4, 0.5) is 0 Å². The minimum absolute atomic E-state index is 0.0253. The van der Waals surface area contributed by atoms with E-state index in [2.05, 4.69) is 12.2 Å². The van der Waals surface area contributed by atoms with Gasteiger partial charge in [-0.05, 0) is 31.6 Å². The third-order valence-electron chi connectivity index (χ3n) is 3.66. The predicted octanol–water partition coefficient (Wildman–Crippen LogP) is 0.735. The van der Waals surface area contributed by atoms with Crippen LogP contribution in [0.3, 0.4) is 0 Å². The minimum Gasteiger partial charge on any atom is -0.355 e. The average Bonchev–Trinajstić information content (AvgIpc) is 2.34. The molecule has 5 nitrogen and oxygen atoms in total. The van der Waals surface area contributed by atoms with E-state index in [1.54, 1.807) is 7.05 Å². The van der Waals surface area contributed by atoms with Gasteiger partial charge >= 0.3 is 0 Å². The molecule has 0 aromatic carbocycles. The molecule has 1 aliphatic rings. The number of likely N-dealkylation sites (N-methyl/N-ethyl adjacent to an activating group) is 1. The van der Waals surface area contributed by atoms with Gasteiger partial charge in [-0.2, -0.15) is 0 Å². The molecule has 0 saturated heterocycles. The van der Waals surface area contributed by atoms with E-state index in [9.17, 15) is 9.59 Å². The van der Waals surface area contributed by atoms with Crippen LogP contribution in [0.2, 0.25) is 0 Å². The Morgan fingerprint density at radius 2 is 2.00 bits per heavy atom. The zero-order valence-corrected chi connectivity index (χ0v) is 12.3. The number of rotatable bonds is 5. The van der Waals surface area contributed by atoms with E-state index >= 15 is 0 Å². The van der Waals surface area contributed by atoms with Crippen molar-refractivity contribution in [1.82, 2.24) is 10.2 Å². The monoisotopic (exact) mass is 269 g/mol. The third-order valence-corrected chi connectivity index (χ3v) is 3.66. The van der Waals surface area contributed by atoms with Gasteiger partial charge in [0, 0.05) is 25.6 Å². The molecule has 1 aliphatic carbocycles. The Kier molecular flexibility index (Phi) is 6.28. The average molecular weight is 269 g/mol. The Hall–Kier alpha value is -1.10. The van der Waals surface area contributed by atoms with Gasteiger partial charge in [-0.3, -0.25) is 9.59 Å². The van der Waals surface area contributed by atoms with Gasteiger partial charge in [-0.15, -0.1) is 0 Å². The first-order valence-corrected chi connectivity index (χ1v) is 7.21. The summed E-state index contributed by atoms with van der Waals surface area (Å²) in [6.45, 7) is 4.93. The molecule has 3 N–H and O–H groups in total. The molecule has 2 amide bonds. The second-order valence-corrected chi connectivity index (χ2v) is 5.81. The molecular formula is C14H27N3O2. The number of carbonyl (C=O) groups excluding carboxylic acids is 2. The maximum atomic E-state index is 12.3. The Morgan fingerprint density at radius 1 is 1.32 bits per heavy atom. The number of hydrogen-bond donors (Lipinski definition) is 2. The van der Waals surface area contributed by atoms with Crippen LogP contribution in [-0.4, -0.2) is 42.9 Å². The first-order chi connectivity index (χ1) is 8.93. The van der Waals surface area contributed by atoms with Crippen LogP contribution in [0, 0.1) is 11.8 Å². The van der Waals surface area contributed by atoms with Crippen LogP contribution >= 0.6 is 0 Å². The van der Waals surface area contributed by atoms with Crippen molar-refractivity contribution in [3.8, 4) is 0 Å². The standard InChI is InChI=1S/C14H27N3O2/c1-4-5-16-13(18)9-17(3)14(19)11-6-10(2)7-12(15)8-11/h10-12H,4-9,15H2,1-3H3,(H,16,18). The van der Waals surface area contributed by atoms with Crippen LogP contribution in [0.25, 0.3) is 0 Å². The molecule has 0 radical (unpaired) electrons. The molecule has 0 aromatic rings. The highest BCUT2D eigenvalue weighted by Crippen LogP contribution is 2.29. The van der Waals surface area contributed by atoms with Gasteiger partial charge in [0.05, 0.1) is 6.54 Å². The summed E-state index contributed by atoms with van der Waals surface area (Å²) < 4.78 is 0. The fourth-order valence-corrected chi connectivity index (χ4v) is 2.78. The number of nitrogens with zero attached hydrogens (tertiary/aromatic N) is 1. The lowest BCUT2D eigenvalue weighted by atomic mass is 9.79. The van der Waals surface area contributed by atoms with Gasteiger partial charge in [0.2, 0.25) is 11.8 Å². The van der Waals surface area contributed by atoms with Gasteiger partial charge < -0.3 is 16.0 Å². The number of nitrogens with one attached hydrogen (secondary N) is 1. The van der Waals surface area contributed by atoms with Crippen LogP contribution in [0.5, 0.6) is 0 Å². The molecule has 0 aliphatic heterocycles. The lowest BCUT2D eigenvalue weighted by Crippen LogP contribution is -2.44. The van der Waals surface area contributed by atoms with Crippen LogP contribution in [0.15, 0.2) is 0 Å². The molecule has 1 rings (SSSR count). The fourth-order valence-electron chi connectivity index (χ4n) is 2.78. The largest absolute Gasteiger partial charge is 0.355 e. The molecule has 1 saturated carbocycles. The zero-order valence-electron chi connectivity index (χ0n) is 12.3. The number of nitrogens with two attached hydrogens (primary N) is 1.